The summed E-state index contributed by atoms with van der Waals surface area (Å²) in [5.41, 5.74) is 8.04. The number of hydrogen-bond donors (Lipinski definition) is 2. The molecule has 0 aliphatic heterocycles. The Hall–Kier alpha value is -2.51. The summed E-state index contributed by atoms with van der Waals surface area (Å²) in [6.45, 7) is 4.93. The Morgan fingerprint density at radius 2 is 2.04 bits per heavy atom. The van der Waals surface area contributed by atoms with Crippen molar-refractivity contribution in [2.75, 3.05) is 5.32 Å². The van der Waals surface area contributed by atoms with Gasteiger partial charge in [0, 0.05) is 30.2 Å². The van der Waals surface area contributed by atoms with Crippen molar-refractivity contribution in [2.45, 2.75) is 38.8 Å². The number of nitrogens with one attached hydrogen (secondary N) is 1. The molecule has 136 valence electrons. The van der Waals surface area contributed by atoms with Crippen LogP contribution in [0.5, 0.6) is 0 Å². The maximum atomic E-state index is 12.3. The molecular formula is C19H23N5OS. The molecular weight excluding hydrogens is 346 g/mol. The predicted octanol–water partition coefficient (Wildman–Crippen LogP) is 3.02. The molecule has 0 saturated heterocycles. The number of imidazole rings is 1. The van der Waals surface area contributed by atoms with E-state index in [1.165, 1.54) is 16.9 Å². The fourth-order valence-electron chi connectivity index (χ4n) is 2.52. The highest BCUT2D eigenvalue weighted by Gasteiger charge is 2.17. The van der Waals surface area contributed by atoms with Crippen LogP contribution in [0.2, 0.25) is 0 Å². The van der Waals surface area contributed by atoms with Gasteiger partial charge in [0.05, 0.1) is 18.1 Å². The molecule has 0 fully saturated rings. The minimum Gasteiger partial charge on any atom is -0.333 e. The molecule has 3 N–H and O–H groups in total. The maximum Gasteiger partial charge on any atom is 0.243 e. The van der Waals surface area contributed by atoms with E-state index in [1.54, 1.807) is 12.5 Å². The quantitative estimate of drug-likeness (QED) is 0.670. The summed E-state index contributed by atoms with van der Waals surface area (Å²) < 4.78 is 1.99. The zero-order valence-electron chi connectivity index (χ0n) is 14.9. The largest absolute Gasteiger partial charge is 0.333 e. The molecule has 2 heterocycles. The Balaban J connectivity index is 1.55. The number of nitrogens with zero attached hydrogens (tertiary/aromatic N) is 3. The Bertz CT molecular complexity index is 856. The molecule has 6 nitrogen and oxygen atoms in total. The van der Waals surface area contributed by atoms with Crippen molar-refractivity contribution >= 4 is 22.4 Å². The van der Waals surface area contributed by atoms with E-state index in [0.717, 1.165) is 17.1 Å². The Labute approximate surface area is 157 Å². The lowest BCUT2D eigenvalue weighted by Crippen LogP contribution is -2.37. The van der Waals surface area contributed by atoms with Crippen LogP contribution in [0.25, 0.3) is 0 Å². The van der Waals surface area contributed by atoms with Gasteiger partial charge in [0.1, 0.15) is 0 Å². The first kappa shape index (κ1) is 18.3. The molecule has 0 saturated carbocycles. The molecule has 0 aliphatic carbocycles. The van der Waals surface area contributed by atoms with Crippen LogP contribution in [0, 0.1) is 0 Å². The van der Waals surface area contributed by atoms with Gasteiger partial charge in [-0.2, -0.15) is 0 Å². The zero-order chi connectivity index (χ0) is 18.5. The van der Waals surface area contributed by atoms with Crippen molar-refractivity contribution in [3.8, 4) is 0 Å². The highest BCUT2D eigenvalue weighted by Crippen LogP contribution is 2.25. The summed E-state index contributed by atoms with van der Waals surface area (Å²) in [5, 5.41) is 3.38. The summed E-state index contributed by atoms with van der Waals surface area (Å²) >= 11 is 1.48. The van der Waals surface area contributed by atoms with E-state index in [2.05, 4.69) is 41.3 Å². The molecule has 0 spiro atoms. The van der Waals surface area contributed by atoms with Crippen molar-refractivity contribution in [1.29, 1.82) is 0 Å². The third-order valence-electron chi connectivity index (χ3n) is 3.98. The van der Waals surface area contributed by atoms with Gasteiger partial charge in [-0.1, -0.05) is 44.2 Å². The van der Waals surface area contributed by atoms with Crippen molar-refractivity contribution in [3.63, 3.8) is 0 Å². The van der Waals surface area contributed by atoms with Gasteiger partial charge in [-0.25, -0.2) is 9.97 Å². The van der Waals surface area contributed by atoms with Crippen molar-refractivity contribution in [1.82, 2.24) is 14.5 Å². The summed E-state index contributed by atoms with van der Waals surface area (Å²) in [4.78, 5) is 22.0. The topological polar surface area (TPSA) is 85.8 Å². The molecule has 3 rings (SSSR count). The Kier molecular flexibility index (Phi) is 5.80. The Morgan fingerprint density at radius 1 is 1.27 bits per heavy atom. The van der Waals surface area contributed by atoms with Gasteiger partial charge in [0.15, 0.2) is 5.13 Å². The number of amides is 1. The lowest BCUT2D eigenvalue weighted by molar-refractivity contribution is -0.117. The second-order valence-electron chi connectivity index (χ2n) is 6.55. The fourth-order valence-corrected chi connectivity index (χ4v) is 3.34. The number of benzene rings is 1. The van der Waals surface area contributed by atoms with Crippen LogP contribution in [-0.4, -0.2) is 26.5 Å². The van der Waals surface area contributed by atoms with Gasteiger partial charge < -0.3 is 15.6 Å². The van der Waals surface area contributed by atoms with Crippen LogP contribution in [0.15, 0.2) is 49.1 Å². The minimum atomic E-state index is -0.665. The molecule has 1 aromatic carbocycles. The summed E-state index contributed by atoms with van der Waals surface area (Å²) in [6, 6.07) is 9.48. The molecule has 2 aromatic heterocycles. The van der Waals surface area contributed by atoms with Crippen LogP contribution < -0.4 is 11.1 Å². The molecule has 26 heavy (non-hydrogen) atoms. The molecule has 1 amide bonds. The van der Waals surface area contributed by atoms with E-state index in [9.17, 15) is 4.79 Å². The van der Waals surface area contributed by atoms with Crippen LogP contribution >= 0.6 is 11.3 Å². The van der Waals surface area contributed by atoms with Crippen LogP contribution in [0.3, 0.4) is 0 Å². The van der Waals surface area contributed by atoms with Gasteiger partial charge in [-0.15, -0.1) is 11.3 Å². The first-order valence-corrected chi connectivity index (χ1v) is 9.39. The fraction of sp³-hybridized carbons (Fsp3) is 0.316. The SMILES string of the molecule is CC(C)c1cnc(NC(=O)[C@@H](N)Cc2cn(Cc3ccccc3)cn2)s1. The average molecular weight is 369 g/mol. The Morgan fingerprint density at radius 3 is 2.73 bits per heavy atom. The lowest BCUT2D eigenvalue weighted by atomic mass is 10.1. The van der Waals surface area contributed by atoms with Crippen molar-refractivity contribution in [3.05, 3.63) is 65.2 Å². The van der Waals surface area contributed by atoms with Gasteiger partial charge in [0.2, 0.25) is 5.91 Å². The molecule has 0 bridgehead atoms. The first-order chi connectivity index (χ1) is 12.5. The van der Waals surface area contributed by atoms with E-state index in [0.29, 0.717) is 17.5 Å². The normalized spacial score (nSPS) is 12.3. The van der Waals surface area contributed by atoms with E-state index in [-0.39, 0.29) is 5.91 Å². The maximum absolute atomic E-state index is 12.3. The van der Waals surface area contributed by atoms with Crippen LogP contribution in [0.4, 0.5) is 5.13 Å². The van der Waals surface area contributed by atoms with Crippen molar-refractivity contribution < 1.29 is 4.79 Å². The zero-order valence-corrected chi connectivity index (χ0v) is 15.7. The van der Waals surface area contributed by atoms with Crippen molar-refractivity contribution in [2.24, 2.45) is 5.73 Å². The molecule has 0 unspecified atom stereocenters. The second-order valence-corrected chi connectivity index (χ2v) is 7.61. The number of hydrogen-bond acceptors (Lipinski definition) is 5. The highest BCUT2D eigenvalue weighted by molar-refractivity contribution is 7.15. The first-order valence-electron chi connectivity index (χ1n) is 8.58. The smallest absolute Gasteiger partial charge is 0.243 e. The van der Waals surface area contributed by atoms with Gasteiger partial charge in [-0.3, -0.25) is 4.79 Å². The number of carbonyl (C=O) groups excluding carboxylic acids is 1. The number of carbonyl (C=O) groups is 1. The third-order valence-corrected chi connectivity index (χ3v) is 5.20. The molecule has 0 radical (unpaired) electrons. The highest BCUT2D eigenvalue weighted by atomic mass is 32.1. The second kappa shape index (κ2) is 8.25. The number of nitrogens with two attached hydrogens (primary N) is 1. The predicted molar refractivity (Wildman–Crippen MR) is 104 cm³/mol. The summed E-state index contributed by atoms with van der Waals surface area (Å²) in [6.07, 6.45) is 5.88. The van der Waals surface area contributed by atoms with Crippen LogP contribution in [-0.2, 0) is 17.8 Å². The third kappa shape index (κ3) is 4.77. The van der Waals surface area contributed by atoms with Gasteiger partial charge in [0.25, 0.3) is 0 Å². The summed E-state index contributed by atoms with van der Waals surface area (Å²) in [7, 11) is 0. The average Bonchev–Trinajstić information content (AvgIpc) is 3.25. The monoisotopic (exact) mass is 369 g/mol. The number of rotatable bonds is 7. The van der Waals surface area contributed by atoms with Gasteiger partial charge >= 0.3 is 0 Å². The molecule has 0 aliphatic rings. The minimum absolute atomic E-state index is 0.243. The lowest BCUT2D eigenvalue weighted by Gasteiger charge is -2.09. The van der Waals surface area contributed by atoms with E-state index in [1.807, 2.05) is 29.0 Å². The number of thiazole rings is 1. The summed E-state index contributed by atoms with van der Waals surface area (Å²) in [5.74, 6) is 0.146. The molecule has 1 atom stereocenters. The van der Waals surface area contributed by atoms with Crippen LogP contribution in [0.1, 0.15) is 35.9 Å². The van der Waals surface area contributed by atoms with Gasteiger partial charge in [-0.05, 0) is 11.5 Å². The van der Waals surface area contributed by atoms with E-state index >= 15 is 0 Å². The van der Waals surface area contributed by atoms with E-state index in [4.69, 9.17) is 5.73 Å². The van der Waals surface area contributed by atoms with E-state index < -0.39 is 6.04 Å². The number of aromatic nitrogens is 3. The number of anilines is 1. The standard InChI is InChI=1S/C19H23N5OS/c1-13(2)17-9-21-19(26-17)23-18(25)16(20)8-15-11-24(12-22-15)10-14-6-4-3-5-7-14/h3-7,9,11-13,16H,8,10,20H2,1-2H3,(H,21,23,25)/t16-/m0/s1. The molecule has 7 heteroatoms. The molecule has 3 aromatic rings.